The summed E-state index contributed by atoms with van der Waals surface area (Å²) in [4.78, 5) is 8.44. The van der Waals surface area contributed by atoms with E-state index in [4.69, 9.17) is 16.3 Å². The average molecular weight is 307 g/mol. The van der Waals surface area contributed by atoms with Crippen molar-refractivity contribution in [3.8, 4) is 5.75 Å². The Morgan fingerprint density at radius 2 is 1.95 bits per heavy atom. The summed E-state index contributed by atoms with van der Waals surface area (Å²) < 4.78 is 5.41. The Hall–Kier alpha value is -2.01. The van der Waals surface area contributed by atoms with E-state index in [9.17, 15) is 0 Å². The number of ether oxygens (including phenoxy) is 1. The molecule has 2 aromatic rings. The minimum absolute atomic E-state index is 0.00280. The van der Waals surface area contributed by atoms with Gasteiger partial charge in [-0.15, -0.1) is 0 Å². The molecule has 112 valence electrons. The minimum Gasteiger partial charge on any atom is -0.490 e. The highest BCUT2D eigenvalue weighted by molar-refractivity contribution is 6.31. The predicted molar refractivity (Wildman–Crippen MR) is 86.2 cm³/mol. The molecule has 0 aliphatic carbocycles. The van der Waals surface area contributed by atoms with Gasteiger partial charge in [-0.05, 0) is 25.5 Å². The zero-order valence-electron chi connectivity index (χ0n) is 12.4. The van der Waals surface area contributed by atoms with Gasteiger partial charge in [0.2, 0.25) is 5.75 Å². The van der Waals surface area contributed by atoms with E-state index in [0.717, 1.165) is 17.1 Å². The van der Waals surface area contributed by atoms with Gasteiger partial charge in [0, 0.05) is 11.6 Å². The quantitative estimate of drug-likeness (QED) is 0.851. The zero-order chi connectivity index (χ0) is 15.2. The highest BCUT2D eigenvalue weighted by Gasteiger charge is 2.15. The number of nitrogens with one attached hydrogen (secondary N) is 2. The van der Waals surface area contributed by atoms with Crippen LogP contribution in [-0.2, 0) is 0 Å². The first-order chi connectivity index (χ1) is 10.2. The van der Waals surface area contributed by atoms with Crippen molar-refractivity contribution < 1.29 is 4.74 Å². The third kappa shape index (κ3) is 3.55. The molecule has 2 rings (SSSR count). The summed E-state index contributed by atoms with van der Waals surface area (Å²) in [6.45, 7) is 4.78. The number of benzene rings is 1. The lowest BCUT2D eigenvalue weighted by Crippen LogP contribution is -2.11. The molecular weight excluding hydrogens is 288 g/mol. The normalized spacial score (nSPS) is 11.8. The van der Waals surface area contributed by atoms with Gasteiger partial charge in [0.05, 0.1) is 13.2 Å². The minimum atomic E-state index is -0.00280. The molecule has 1 unspecified atom stereocenters. The Morgan fingerprint density at radius 1 is 1.24 bits per heavy atom. The van der Waals surface area contributed by atoms with E-state index < -0.39 is 0 Å². The highest BCUT2D eigenvalue weighted by atomic mass is 35.5. The van der Waals surface area contributed by atoms with Crippen molar-refractivity contribution in [2.45, 2.75) is 19.9 Å². The Labute approximate surface area is 129 Å². The summed E-state index contributed by atoms with van der Waals surface area (Å²) in [5, 5.41) is 7.19. The first-order valence-corrected chi connectivity index (χ1v) is 7.19. The Balaban J connectivity index is 2.27. The fraction of sp³-hybridized carbons (Fsp3) is 0.333. The molecule has 2 N–H and O–H groups in total. The highest BCUT2D eigenvalue weighted by Crippen LogP contribution is 2.32. The predicted octanol–water partition coefficient (Wildman–Crippen LogP) is 3.74. The molecule has 0 amide bonds. The number of hydrogen-bond acceptors (Lipinski definition) is 5. The Bertz CT molecular complexity index is 606. The lowest BCUT2D eigenvalue weighted by atomic mass is 10.1. The molecule has 0 fully saturated rings. The summed E-state index contributed by atoms with van der Waals surface area (Å²) in [7, 11) is 1.60. The van der Waals surface area contributed by atoms with Crippen LogP contribution in [0, 0.1) is 0 Å². The number of anilines is 2. The van der Waals surface area contributed by atoms with Gasteiger partial charge < -0.3 is 15.4 Å². The lowest BCUT2D eigenvalue weighted by Gasteiger charge is -2.19. The first kappa shape index (κ1) is 15.4. The van der Waals surface area contributed by atoms with Crippen molar-refractivity contribution in [3.63, 3.8) is 0 Å². The fourth-order valence-electron chi connectivity index (χ4n) is 2.07. The van der Waals surface area contributed by atoms with E-state index in [1.165, 1.54) is 6.33 Å². The van der Waals surface area contributed by atoms with Crippen molar-refractivity contribution in [2.24, 2.45) is 0 Å². The summed E-state index contributed by atoms with van der Waals surface area (Å²) in [6, 6.07) is 7.72. The maximum absolute atomic E-state index is 6.22. The second-order valence-corrected chi connectivity index (χ2v) is 4.93. The van der Waals surface area contributed by atoms with Crippen LogP contribution in [0.5, 0.6) is 5.75 Å². The van der Waals surface area contributed by atoms with Crippen molar-refractivity contribution in [2.75, 3.05) is 24.3 Å². The van der Waals surface area contributed by atoms with Crippen LogP contribution in [0.25, 0.3) is 0 Å². The van der Waals surface area contributed by atoms with Crippen LogP contribution in [0.3, 0.4) is 0 Å². The van der Waals surface area contributed by atoms with E-state index in [2.05, 4.69) is 20.6 Å². The largest absolute Gasteiger partial charge is 0.490 e. The molecule has 0 radical (unpaired) electrons. The first-order valence-electron chi connectivity index (χ1n) is 6.81. The molecule has 1 atom stereocenters. The maximum Gasteiger partial charge on any atom is 0.204 e. The van der Waals surface area contributed by atoms with Crippen molar-refractivity contribution in [3.05, 3.63) is 41.2 Å². The monoisotopic (exact) mass is 306 g/mol. The molecule has 0 aliphatic heterocycles. The van der Waals surface area contributed by atoms with Gasteiger partial charge in [0.25, 0.3) is 0 Å². The summed E-state index contributed by atoms with van der Waals surface area (Å²) >= 11 is 6.22. The molecule has 21 heavy (non-hydrogen) atoms. The Kier molecular flexibility index (Phi) is 5.22. The SMILES string of the molecule is CCNc1ncnc(NC(C)c2ccccc2Cl)c1OC. The Morgan fingerprint density at radius 3 is 2.62 bits per heavy atom. The number of methoxy groups -OCH3 is 1. The van der Waals surface area contributed by atoms with Crippen LogP contribution >= 0.6 is 11.6 Å². The molecule has 5 nitrogen and oxygen atoms in total. The molecule has 0 spiro atoms. The van der Waals surface area contributed by atoms with Gasteiger partial charge in [-0.1, -0.05) is 29.8 Å². The van der Waals surface area contributed by atoms with Gasteiger partial charge in [-0.3, -0.25) is 0 Å². The molecule has 0 saturated carbocycles. The molecule has 1 aromatic heterocycles. The number of hydrogen-bond donors (Lipinski definition) is 2. The van der Waals surface area contributed by atoms with Gasteiger partial charge >= 0.3 is 0 Å². The fourth-order valence-corrected chi connectivity index (χ4v) is 2.37. The van der Waals surface area contributed by atoms with E-state index >= 15 is 0 Å². The molecule has 1 aromatic carbocycles. The molecule has 0 bridgehead atoms. The summed E-state index contributed by atoms with van der Waals surface area (Å²) in [5.74, 6) is 1.90. The zero-order valence-corrected chi connectivity index (χ0v) is 13.1. The van der Waals surface area contributed by atoms with Crippen LogP contribution in [0.1, 0.15) is 25.5 Å². The second-order valence-electron chi connectivity index (χ2n) is 4.52. The maximum atomic E-state index is 6.22. The molecule has 6 heteroatoms. The third-order valence-electron chi connectivity index (χ3n) is 3.08. The topological polar surface area (TPSA) is 59.1 Å². The lowest BCUT2D eigenvalue weighted by molar-refractivity contribution is 0.414. The van der Waals surface area contributed by atoms with Crippen LogP contribution in [0.4, 0.5) is 11.6 Å². The summed E-state index contributed by atoms with van der Waals surface area (Å²) in [6.07, 6.45) is 1.50. The number of nitrogens with zero attached hydrogens (tertiary/aromatic N) is 2. The van der Waals surface area contributed by atoms with E-state index in [-0.39, 0.29) is 6.04 Å². The molecular formula is C15H19ClN4O. The van der Waals surface area contributed by atoms with Gasteiger partial charge in [-0.25, -0.2) is 9.97 Å². The smallest absolute Gasteiger partial charge is 0.204 e. The second kappa shape index (κ2) is 7.13. The van der Waals surface area contributed by atoms with Crippen molar-refractivity contribution >= 4 is 23.2 Å². The van der Waals surface area contributed by atoms with Gasteiger partial charge in [0.1, 0.15) is 6.33 Å². The van der Waals surface area contributed by atoms with E-state index in [1.54, 1.807) is 7.11 Å². The van der Waals surface area contributed by atoms with Gasteiger partial charge in [-0.2, -0.15) is 0 Å². The number of rotatable bonds is 6. The molecule has 1 heterocycles. The van der Waals surface area contributed by atoms with Crippen molar-refractivity contribution in [1.82, 2.24) is 9.97 Å². The average Bonchev–Trinajstić information content (AvgIpc) is 2.48. The number of aromatic nitrogens is 2. The molecule has 0 aliphatic rings. The van der Waals surface area contributed by atoms with E-state index in [1.807, 2.05) is 38.1 Å². The number of halogens is 1. The van der Waals surface area contributed by atoms with Crippen molar-refractivity contribution in [1.29, 1.82) is 0 Å². The molecule has 0 saturated heterocycles. The van der Waals surface area contributed by atoms with Crippen LogP contribution < -0.4 is 15.4 Å². The third-order valence-corrected chi connectivity index (χ3v) is 3.42. The van der Waals surface area contributed by atoms with Crippen LogP contribution in [-0.4, -0.2) is 23.6 Å². The summed E-state index contributed by atoms with van der Waals surface area (Å²) in [5.41, 5.74) is 1.00. The standard InChI is InChI=1S/C15H19ClN4O/c1-4-17-14-13(21-3)15(19-9-18-14)20-10(2)11-7-5-6-8-12(11)16/h5-10H,4H2,1-3H3,(H2,17,18,19,20). The van der Waals surface area contributed by atoms with Gasteiger partial charge in [0.15, 0.2) is 11.6 Å². The van der Waals surface area contributed by atoms with Crippen LogP contribution in [0.15, 0.2) is 30.6 Å². The van der Waals surface area contributed by atoms with E-state index in [0.29, 0.717) is 17.4 Å². The van der Waals surface area contributed by atoms with Crippen LogP contribution in [0.2, 0.25) is 5.02 Å².